The maximum absolute atomic E-state index is 13.5. The topological polar surface area (TPSA) is 79.1 Å². The molecule has 0 aliphatic carbocycles. The number of halogens is 3. The van der Waals surface area contributed by atoms with Gasteiger partial charge in [-0.2, -0.15) is 0 Å². The van der Waals surface area contributed by atoms with Crippen molar-refractivity contribution in [3.05, 3.63) is 35.3 Å². The van der Waals surface area contributed by atoms with Crippen LogP contribution >= 0.6 is 0 Å². The number of aromatic nitrogens is 1. The molecule has 4 N–H and O–H groups in total. The average molecular weight is 244 g/mol. The van der Waals surface area contributed by atoms with Crippen LogP contribution in [0, 0.1) is 17.5 Å². The smallest absolute Gasteiger partial charge is 0.325 e. The van der Waals surface area contributed by atoms with E-state index in [4.69, 9.17) is 10.8 Å². The van der Waals surface area contributed by atoms with Gasteiger partial charge in [-0.1, -0.05) is 0 Å². The normalized spacial score (nSPS) is 12.9. The number of rotatable bonds is 2. The van der Waals surface area contributed by atoms with Crippen molar-refractivity contribution in [3.8, 4) is 0 Å². The highest BCUT2D eigenvalue weighted by atomic mass is 19.2. The molecule has 17 heavy (non-hydrogen) atoms. The Morgan fingerprint density at radius 3 is 2.59 bits per heavy atom. The number of nitrogens with two attached hydrogens (primary N) is 1. The van der Waals surface area contributed by atoms with Crippen molar-refractivity contribution in [3.63, 3.8) is 0 Å². The highest BCUT2D eigenvalue weighted by Gasteiger charge is 2.24. The molecule has 1 unspecified atom stereocenters. The molecule has 0 saturated heterocycles. The zero-order valence-electron chi connectivity index (χ0n) is 8.30. The lowest BCUT2D eigenvalue weighted by molar-refractivity contribution is -0.138. The van der Waals surface area contributed by atoms with Crippen LogP contribution in [0.1, 0.15) is 11.6 Å². The van der Waals surface area contributed by atoms with Gasteiger partial charge in [-0.25, -0.2) is 13.2 Å². The molecule has 4 nitrogen and oxygen atoms in total. The van der Waals surface area contributed by atoms with Gasteiger partial charge in [-0.15, -0.1) is 0 Å². The van der Waals surface area contributed by atoms with Gasteiger partial charge in [0.1, 0.15) is 11.9 Å². The van der Waals surface area contributed by atoms with Crippen molar-refractivity contribution < 1.29 is 23.1 Å². The van der Waals surface area contributed by atoms with Gasteiger partial charge in [0.25, 0.3) is 0 Å². The molecule has 1 atom stereocenters. The van der Waals surface area contributed by atoms with Crippen molar-refractivity contribution in [2.45, 2.75) is 6.04 Å². The zero-order chi connectivity index (χ0) is 12.7. The molecule has 1 aromatic carbocycles. The number of nitrogens with one attached hydrogen (secondary N) is 1. The second-order valence-electron chi connectivity index (χ2n) is 3.46. The summed E-state index contributed by atoms with van der Waals surface area (Å²) in [6.07, 6.45) is 1.05. The molecule has 90 valence electrons. The average Bonchev–Trinajstić information content (AvgIpc) is 2.69. The summed E-state index contributed by atoms with van der Waals surface area (Å²) in [5.74, 6) is -5.15. The first-order valence-corrected chi connectivity index (χ1v) is 4.56. The van der Waals surface area contributed by atoms with Crippen LogP contribution in [0.3, 0.4) is 0 Å². The van der Waals surface area contributed by atoms with E-state index < -0.39 is 34.8 Å². The Bertz CT molecular complexity index is 609. The van der Waals surface area contributed by atoms with Crippen LogP contribution in [-0.2, 0) is 4.79 Å². The fraction of sp³-hybridized carbons (Fsp3) is 0.100. The Hall–Kier alpha value is -2.02. The van der Waals surface area contributed by atoms with Crippen LogP contribution in [0.2, 0.25) is 0 Å². The number of carbonyl (C=O) groups is 1. The summed E-state index contributed by atoms with van der Waals surface area (Å²) >= 11 is 0. The molecule has 0 fully saturated rings. The molecule has 0 bridgehead atoms. The lowest BCUT2D eigenvalue weighted by Gasteiger charge is -2.05. The first-order valence-electron chi connectivity index (χ1n) is 4.56. The molecule has 0 aliphatic rings. The third-order valence-electron chi connectivity index (χ3n) is 2.43. The second-order valence-corrected chi connectivity index (χ2v) is 3.46. The van der Waals surface area contributed by atoms with E-state index in [9.17, 15) is 18.0 Å². The number of aliphatic carboxylic acids is 1. The van der Waals surface area contributed by atoms with Gasteiger partial charge < -0.3 is 15.8 Å². The maximum atomic E-state index is 13.5. The number of aromatic amines is 1. The zero-order valence-corrected chi connectivity index (χ0v) is 8.30. The Labute approximate surface area is 92.8 Å². The van der Waals surface area contributed by atoms with Crippen molar-refractivity contribution in [1.29, 1.82) is 0 Å². The summed E-state index contributed by atoms with van der Waals surface area (Å²) in [6, 6.07) is -1.18. The van der Waals surface area contributed by atoms with E-state index in [2.05, 4.69) is 4.98 Å². The highest BCUT2D eigenvalue weighted by Crippen LogP contribution is 2.29. The largest absolute Gasteiger partial charge is 0.480 e. The van der Waals surface area contributed by atoms with Gasteiger partial charge in [0, 0.05) is 23.2 Å². The molecule has 2 aromatic rings. The minimum atomic E-state index is -1.56. The van der Waals surface area contributed by atoms with Gasteiger partial charge in [0.05, 0.1) is 5.52 Å². The van der Waals surface area contributed by atoms with E-state index in [0.29, 0.717) is 6.07 Å². The first-order chi connectivity index (χ1) is 7.93. The third kappa shape index (κ3) is 1.64. The van der Waals surface area contributed by atoms with Crippen molar-refractivity contribution >= 4 is 16.9 Å². The molecule has 0 saturated carbocycles. The van der Waals surface area contributed by atoms with Crippen molar-refractivity contribution in [1.82, 2.24) is 4.98 Å². The molecule has 1 aromatic heterocycles. The molecular formula is C10H7F3N2O2. The van der Waals surface area contributed by atoms with E-state index in [1.54, 1.807) is 0 Å². The number of benzene rings is 1. The summed E-state index contributed by atoms with van der Waals surface area (Å²) in [7, 11) is 0. The quantitative estimate of drug-likeness (QED) is 0.703. The fourth-order valence-electron chi connectivity index (χ4n) is 1.61. The Morgan fingerprint density at radius 1 is 1.35 bits per heavy atom. The van der Waals surface area contributed by atoms with Gasteiger partial charge >= 0.3 is 5.97 Å². The lowest BCUT2D eigenvalue weighted by atomic mass is 10.1. The number of H-pyrrole nitrogens is 1. The standard InChI is InChI=1S/C10H7F3N2O2/c11-4-1-5(12)9-6(7(4)13)3(2-15-9)8(14)10(16)17/h1-2,8,15H,14H2,(H,16,17). The van der Waals surface area contributed by atoms with Crippen LogP contribution in [0.4, 0.5) is 13.2 Å². The van der Waals surface area contributed by atoms with Crippen molar-refractivity contribution in [2.75, 3.05) is 0 Å². The van der Waals surface area contributed by atoms with E-state index in [1.807, 2.05) is 0 Å². The maximum Gasteiger partial charge on any atom is 0.325 e. The summed E-state index contributed by atoms with van der Waals surface area (Å²) in [5.41, 5.74) is 4.77. The van der Waals surface area contributed by atoms with Crippen LogP contribution in [0.15, 0.2) is 12.3 Å². The van der Waals surface area contributed by atoms with Crippen LogP contribution in [-0.4, -0.2) is 16.1 Å². The monoisotopic (exact) mass is 244 g/mol. The molecule has 2 rings (SSSR count). The number of carboxylic acid groups (broad SMARTS) is 1. The van der Waals surface area contributed by atoms with Crippen LogP contribution < -0.4 is 5.73 Å². The van der Waals surface area contributed by atoms with Gasteiger partial charge in [0.15, 0.2) is 11.6 Å². The summed E-state index contributed by atoms with van der Waals surface area (Å²) < 4.78 is 39.8. The summed E-state index contributed by atoms with van der Waals surface area (Å²) in [4.78, 5) is 13.0. The molecular weight excluding hydrogens is 237 g/mol. The molecule has 0 radical (unpaired) electrons. The SMILES string of the molecule is NC(C(=O)O)c1c[nH]c2c(F)cc(F)c(F)c12. The van der Waals surface area contributed by atoms with E-state index in [-0.39, 0.29) is 11.1 Å². The van der Waals surface area contributed by atoms with Crippen molar-refractivity contribution in [2.24, 2.45) is 5.73 Å². The van der Waals surface area contributed by atoms with Crippen LogP contribution in [0.5, 0.6) is 0 Å². The van der Waals surface area contributed by atoms with Crippen LogP contribution in [0.25, 0.3) is 10.9 Å². The minimum Gasteiger partial charge on any atom is -0.480 e. The summed E-state index contributed by atoms with van der Waals surface area (Å²) in [5, 5.41) is 8.22. The van der Waals surface area contributed by atoms with E-state index in [1.165, 1.54) is 0 Å². The minimum absolute atomic E-state index is 0.205. The molecule has 0 spiro atoms. The molecule has 0 aliphatic heterocycles. The Kier molecular flexibility index (Phi) is 2.55. The first kappa shape index (κ1) is 11.5. The number of hydrogen-bond donors (Lipinski definition) is 3. The molecule has 7 heteroatoms. The van der Waals surface area contributed by atoms with Gasteiger partial charge in [-0.3, -0.25) is 4.79 Å². The Morgan fingerprint density at radius 2 is 2.00 bits per heavy atom. The van der Waals surface area contributed by atoms with Gasteiger partial charge in [-0.05, 0) is 0 Å². The molecule has 0 amide bonds. The van der Waals surface area contributed by atoms with Gasteiger partial charge in [0.2, 0.25) is 0 Å². The van der Waals surface area contributed by atoms with E-state index >= 15 is 0 Å². The van der Waals surface area contributed by atoms with E-state index in [0.717, 1.165) is 6.20 Å². The third-order valence-corrected chi connectivity index (χ3v) is 2.43. The number of fused-ring (bicyclic) bond motifs is 1. The predicted octanol–water partition coefficient (Wildman–Crippen LogP) is 1.67. The lowest BCUT2D eigenvalue weighted by Crippen LogP contribution is -2.20. The Balaban J connectivity index is 2.79. The second kappa shape index (κ2) is 3.77. The number of carboxylic acids is 1. The fourth-order valence-corrected chi connectivity index (χ4v) is 1.61. The highest BCUT2D eigenvalue weighted by molar-refractivity contribution is 5.89. The number of hydrogen-bond acceptors (Lipinski definition) is 2. The predicted molar refractivity (Wildman–Crippen MR) is 52.7 cm³/mol. The molecule has 1 heterocycles. The summed E-state index contributed by atoms with van der Waals surface area (Å²) in [6.45, 7) is 0.